The van der Waals surface area contributed by atoms with Gasteiger partial charge >= 0.3 is 0 Å². The van der Waals surface area contributed by atoms with Crippen molar-refractivity contribution in [1.29, 1.82) is 0 Å². The second kappa shape index (κ2) is 6.37. The second-order valence-corrected chi connectivity index (χ2v) is 5.90. The maximum absolute atomic E-state index is 12.4. The summed E-state index contributed by atoms with van der Waals surface area (Å²) < 4.78 is 0. The Morgan fingerprint density at radius 1 is 1.30 bits per heavy atom. The Bertz CT molecular complexity index is 446. The van der Waals surface area contributed by atoms with Crippen LogP contribution in [-0.2, 0) is 4.79 Å². The first-order chi connectivity index (χ1) is 9.54. The Kier molecular flexibility index (Phi) is 4.78. The van der Waals surface area contributed by atoms with Gasteiger partial charge in [-0.25, -0.2) is 0 Å². The number of hydrogen-bond acceptors (Lipinski definition) is 3. The van der Waals surface area contributed by atoms with Gasteiger partial charge in [0.15, 0.2) is 0 Å². The SMILES string of the molecule is CC(N)C(C)C(=O)N1C[C@@H](CN)[C@H](c2ccccc2)C1. The molecule has 1 saturated heterocycles. The maximum Gasteiger partial charge on any atom is 0.226 e. The molecule has 110 valence electrons. The highest BCUT2D eigenvalue weighted by atomic mass is 16.2. The van der Waals surface area contributed by atoms with Gasteiger partial charge in [-0.3, -0.25) is 4.79 Å². The molecule has 0 aliphatic carbocycles. The van der Waals surface area contributed by atoms with Gasteiger partial charge < -0.3 is 16.4 Å². The molecular formula is C16H25N3O. The van der Waals surface area contributed by atoms with Crippen molar-refractivity contribution in [3.8, 4) is 0 Å². The zero-order chi connectivity index (χ0) is 14.7. The molecule has 0 saturated carbocycles. The van der Waals surface area contributed by atoms with E-state index in [0.29, 0.717) is 18.4 Å². The predicted molar refractivity (Wildman–Crippen MR) is 81.1 cm³/mol. The number of benzene rings is 1. The Morgan fingerprint density at radius 3 is 2.50 bits per heavy atom. The van der Waals surface area contributed by atoms with Crippen molar-refractivity contribution in [2.24, 2.45) is 23.3 Å². The van der Waals surface area contributed by atoms with E-state index in [2.05, 4.69) is 12.1 Å². The van der Waals surface area contributed by atoms with Gasteiger partial charge in [0.25, 0.3) is 0 Å². The molecule has 0 bridgehead atoms. The van der Waals surface area contributed by atoms with Crippen molar-refractivity contribution >= 4 is 5.91 Å². The quantitative estimate of drug-likeness (QED) is 0.866. The zero-order valence-corrected chi connectivity index (χ0v) is 12.3. The molecule has 1 fully saturated rings. The minimum Gasteiger partial charge on any atom is -0.341 e. The molecule has 1 aliphatic heterocycles. The van der Waals surface area contributed by atoms with Crippen molar-refractivity contribution in [2.45, 2.75) is 25.8 Å². The fraction of sp³-hybridized carbons (Fsp3) is 0.562. The van der Waals surface area contributed by atoms with Crippen LogP contribution in [-0.4, -0.2) is 36.5 Å². The molecule has 4 heteroatoms. The fourth-order valence-electron chi connectivity index (χ4n) is 2.88. The molecule has 4 atom stereocenters. The molecule has 1 aliphatic rings. The van der Waals surface area contributed by atoms with Crippen LogP contribution in [0.5, 0.6) is 0 Å². The number of carbonyl (C=O) groups is 1. The van der Waals surface area contributed by atoms with Crippen molar-refractivity contribution < 1.29 is 4.79 Å². The minimum absolute atomic E-state index is 0.116. The third-order valence-electron chi connectivity index (χ3n) is 4.46. The van der Waals surface area contributed by atoms with Crippen LogP contribution in [0.25, 0.3) is 0 Å². The normalized spacial score (nSPS) is 25.5. The van der Waals surface area contributed by atoms with Gasteiger partial charge in [0, 0.05) is 25.0 Å². The molecule has 0 spiro atoms. The van der Waals surface area contributed by atoms with Crippen LogP contribution in [0, 0.1) is 11.8 Å². The van der Waals surface area contributed by atoms with Crippen LogP contribution < -0.4 is 11.5 Å². The van der Waals surface area contributed by atoms with Gasteiger partial charge in [-0.05, 0) is 24.9 Å². The highest BCUT2D eigenvalue weighted by Gasteiger charge is 2.37. The van der Waals surface area contributed by atoms with Crippen molar-refractivity contribution in [3.63, 3.8) is 0 Å². The smallest absolute Gasteiger partial charge is 0.226 e. The molecule has 2 rings (SSSR count). The Balaban J connectivity index is 2.12. The van der Waals surface area contributed by atoms with E-state index >= 15 is 0 Å². The Labute approximate surface area is 121 Å². The summed E-state index contributed by atoms with van der Waals surface area (Å²) in [5.41, 5.74) is 13.0. The van der Waals surface area contributed by atoms with Crippen molar-refractivity contribution in [2.75, 3.05) is 19.6 Å². The van der Waals surface area contributed by atoms with E-state index in [1.165, 1.54) is 5.56 Å². The lowest BCUT2D eigenvalue weighted by atomic mass is 9.89. The van der Waals surface area contributed by atoms with E-state index in [4.69, 9.17) is 11.5 Å². The van der Waals surface area contributed by atoms with Crippen molar-refractivity contribution in [3.05, 3.63) is 35.9 Å². The topological polar surface area (TPSA) is 72.4 Å². The molecule has 2 unspecified atom stereocenters. The van der Waals surface area contributed by atoms with Crippen LogP contribution in [0.1, 0.15) is 25.3 Å². The predicted octanol–water partition coefficient (Wildman–Crippen LogP) is 1.17. The average molecular weight is 275 g/mol. The summed E-state index contributed by atoms with van der Waals surface area (Å²) in [6.07, 6.45) is 0. The van der Waals surface area contributed by atoms with Crippen LogP contribution >= 0.6 is 0 Å². The lowest BCUT2D eigenvalue weighted by molar-refractivity contribution is -0.134. The number of likely N-dealkylation sites (tertiary alicyclic amines) is 1. The highest BCUT2D eigenvalue weighted by Crippen LogP contribution is 2.32. The molecule has 0 radical (unpaired) electrons. The molecule has 1 aromatic rings. The van der Waals surface area contributed by atoms with Gasteiger partial charge in [-0.15, -0.1) is 0 Å². The van der Waals surface area contributed by atoms with Crippen molar-refractivity contribution in [1.82, 2.24) is 4.90 Å². The molecule has 20 heavy (non-hydrogen) atoms. The Morgan fingerprint density at radius 2 is 1.95 bits per heavy atom. The van der Waals surface area contributed by atoms with Crippen LogP contribution in [0.4, 0.5) is 0 Å². The lowest BCUT2D eigenvalue weighted by Crippen LogP contribution is -2.41. The first-order valence-corrected chi connectivity index (χ1v) is 7.34. The number of hydrogen-bond donors (Lipinski definition) is 2. The monoisotopic (exact) mass is 275 g/mol. The van der Waals surface area contributed by atoms with E-state index in [1.807, 2.05) is 36.9 Å². The molecule has 4 nitrogen and oxygen atoms in total. The largest absolute Gasteiger partial charge is 0.341 e. The van der Waals surface area contributed by atoms with E-state index in [-0.39, 0.29) is 17.9 Å². The third kappa shape index (κ3) is 3.02. The molecule has 0 aromatic heterocycles. The summed E-state index contributed by atoms with van der Waals surface area (Å²) in [6.45, 7) is 5.89. The molecule has 4 N–H and O–H groups in total. The van der Waals surface area contributed by atoms with Gasteiger partial charge in [-0.2, -0.15) is 0 Å². The molecule has 1 amide bonds. The van der Waals surface area contributed by atoms with Gasteiger partial charge in [0.2, 0.25) is 5.91 Å². The summed E-state index contributed by atoms with van der Waals surface area (Å²) in [4.78, 5) is 14.4. The summed E-state index contributed by atoms with van der Waals surface area (Å²) in [5, 5.41) is 0. The van der Waals surface area contributed by atoms with E-state index < -0.39 is 0 Å². The summed E-state index contributed by atoms with van der Waals surface area (Å²) in [5.74, 6) is 0.687. The summed E-state index contributed by atoms with van der Waals surface area (Å²) >= 11 is 0. The molecular weight excluding hydrogens is 250 g/mol. The standard InChI is InChI=1S/C16H25N3O/c1-11(12(2)18)16(20)19-9-14(8-17)15(10-19)13-6-4-3-5-7-13/h3-7,11-12,14-15H,8-10,17-18H2,1-2H3/t11?,12?,14-,15+/m1/s1. The number of nitrogens with zero attached hydrogens (tertiary/aromatic N) is 1. The van der Waals surface area contributed by atoms with Gasteiger partial charge in [0.05, 0.1) is 5.92 Å². The summed E-state index contributed by atoms with van der Waals surface area (Å²) in [7, 11) is 0. The zero-order valence-electron chi connectivity index (χ0n) is 12.3. The minimum atomic E-state index is -0.136. The third-order valence-corrected chi connectivity index (χ3v) is 4.46. The van der Waals surface area contributed by atoms with Crippen LogP contribution in [0.15, 0.2) is 30.3 Å². The number of carbonyl (C=O) groups excluding carboxylic acids is 1. The van der Waals surface area contributed by atoms with E-state index in [1.54, 1.807) is 0 Å². The average Bonchev–Trinajstić information content (AvgIpc) is 2.90. The lowest BCUT2D eigenvalue weighted by Gasteiger charge is -2.23. The van der Waals surface area contributed by atoms with Crippen LogP contribution in [0.3, 0.4) is 0 Å². The number of nitrogens with two attached hydrogens (primary N) is 2. The fourth-order valence-corrected chi connectivity index (χ4v) is 2.88. The highest BCUT2D eigenvalue weighted by molar-refractivity contribution is 5.79. The van der Waals surface area contributed by atoms with E-state index in [9.17, 15) is 4.79 Å². The Hall–Kier alpha value is -1.39. The maximum atomic E-state index is 12.4. The van der Waals surface area contributed by atoms with Gasteiger partial charge in [-0.1, -0.05) is 37.3 Å². The molecule has 1 heterocycles. The van der Waals surface area contributed by atoms with Gasteiger partial charge in [0.1, 0.15) is 0 Å². The number of rotatable bonds is 4. The van der Waals surface area contributed by atoms with Crippen LogP contribution in [0.2, 0.25) is 0 Å². The first kappa shape index (κ1) is 15.0. The molecule has 1 aromatic carbocycles. The first-order valence-electron chi connectivity index (χ1n) is 7.34. The summed E-state index contributed by atoms with van der Waals surface area (Å²) in [6, 6.07) is 10.2. The second-order valence-electron chi connectivity index (χ2n) is 5.90. The van der Waals surface area contributed by atoms with E-state index in [0.717, 1.165) is 13.1 Å². The number of amides is 1.